The fourth-order valence-corrected chi connectivity index (χ4v) is 0.873. The van der Waals surface area contributed by atoms with E-state index in [4.69, 9.17) is 10.8 Å². The molecule has 0 saturated heterocycles. The monoisotopic (exact) mass is 188 g/mol. The third-order valence-electron chi connectivity index (χ3n) is 2.81. The summed E-state index contributed by atoms with van der Waals surface area (Å²) in [5.41, 5.74) is 4.08. The molecule has 0 aromatic rings. The maximum Gasteiger partial charge on any atom is 0.310 e. The van der Waals surface area contributed by atoms with Gasteiger partial charge in [0.25, 0.3) is 0 Å². The van der Waals surface area contributed by atoms with Crippen LogP contribution in [0.25, 0.3) is 0 Å². The summed E-state index contributed by atoms with van der Waals surface area (Å²) in [6.07, 6.45) is 0. The molecule has 0 aliphatic heterocycles. The molecular formula is C9H20N2O2. The molecule has 0 aromatic heterocycles. The van der Waals surface area contributed by atoms with Gasteiger partial charge in [-0.05, 0) is 27.7 Å². The highest BCUT2D eigenvalue weighted by atomic mass is 16.4. The number of carbonyl (C=O) groups is 1. The first kappa shape index (κ1) is 12.4. The van der Waals surface area contributed by atoms with Crippen molar-refractivity contribution in [3.05, 3.63) is 0 Å². The van der Waals surface area contributed by atoms with E-state index >= 15 is 0 Å². The average molecular weight is 188 g/mol. The van der Waals surface area contributed by atoms with Crippen LogP contribution in [0.2, 0.25) is 0 Å². The lowest BCUT2D eigenvalue weighted by Crippen LogP contribution is -2.56. The summed E-state index contributed by atoms with van der Waals surface area (Å²) in [4.78, 5) is 11.0. The molecule has 0 radical (unpaired) electrons. The summed E-state index contributed by atoms with van der Waals surface area (Å²) in [5, 5.41) is 12.1. The van der Waals surface area contributed by atoms with Crippen LogP contribution in [0, 0.1) is 5.41 Å². The van der Waals surface area contributed by atoms with Gasteiger partial charge in [0, 0.05) is 18.6 Å². The molecule has 0 aromatic carbocycles. The Morgan fingerprint density at radius 3 is 2.15 bits per heavy atom. The molecular weight excluding hydrogens is 168 g/mol. The molecule has 0 fully saturated rings. The quantitative estimate of drug-likeness (QED) is 0.584. The molecule has 78 valence electrons. The Morgan fingerprint density at radius 1 is 1.38 bits per heavy atom. The van der Waals surface area contributed by atoms with Crippen molar-refractivity contribution in [2.45, 2.75) is 33.2 Å². The summed E-state index contributed by atoms with van der Waals surface area (Å²) in [6.45, 7) is 8.30. The first-order chi connectivity index (χ1) is 5.75. The van der Waals surface area contributed by atoms with Gasteiger partial charge < -0.3 is 16.2 Å². The van der Waals surface area contributed by atoms with Crippen molar-refractivity contribution >= 4 is 5.97 Å². The zero-order valence-corrected chi connectivity index (χ0v) is 8.85. The van der Waals surface area contributed by atoms with Crippen LogP contribution in [-0.4, -0.2) is 29.7 Å². The number of aliphatic carboxylic acids is 1. The highest BCUT2D eigenvalue weighted by molar-refractivity contribution is 5.75. The summed E-state index contributed by atoms with van der Waals surface area (Å²) in [5.74, 6) is -0.804. The molecule has 0 unspecified atom stereocenters. The zero-order valence-electron chi connectivity index (χ0n) is 8.85. The fraction of sp³-hybridized carbons (Fsp3) is 0.889. The van der Waals surface area contributed by atoms with E-state index in [0.29, 0.717) is 13.1 Å². The molecule has 4 nitrogen and oxygen atoms in total. The highest BCUT2D eigenvalue weighted by Crippen LogP contribution is 2.30. The van der Waals surface area contributed by atoms with E-state index < -0.39 is 16.9 Å². The van der Waals surface area contributed by atoms with E-state index in [1.54, 1.807) is 13.8 Å². The molecule has 13 heavy (non-hydrogen) atoms. The summed E-state index contributed by atoms with van der Waals surface area (Å²) in [7, 11) is 0. The number of carboxylic acids is 1. The van der Waals surface area contributed by atoms with Gasteiger partial charge >= 0.3 is 5.97 Å². The van der Waals surface area contributed by atoms with E-state index in [-0.39, 0.29) is 0 Å². The Balaban J connectivity index is 4.50. The van der Waals surface area contributed by atoms with Crippen LogP contribution >= 0.6 is 0 Å². The van der Waals surface area contributed by atoms with Crippen molar-refractivity contribution in [2.75, 3.05) is 13.1 Å². The van der Waals surface area contributed by atoms with Crippen LogP contribution in [0.3, 0.4) is 0 Å². The topological polar surface area (TPSA) is 75.3 Å². The van der Waals surface area contributed by atoms with Gasteiger partial charge in [0.05, 0.1) is 5.41 Å². The van der Waals surface area contributed by atoms with Crippen LogP contribution in [0.4, 0.5) is 0 Å². The SMILES string of the molecule is CC(C)(NCCN)C(C)(C)C(=O)O. The van der Waals surface area contributed by atoms with Crippen molar-refractivity contribution in [3.63, 3.8) is 0 Å². The standard InChI is InChI=1S/C9H20N2O2/c1-8(2,7(12)13)9(3,4)11-6-5-10/h11H,5-6,10H2,1-4H3,(H,12,13). The predicted molar refractivity (Wildman–Crippen MR) is 52.6 cm³/mol. The van der Waals surface area contributed by atoms with Gasteiger partial charge in [-0.15, -0.1) is 0 Å². The van der Waals surface area contributed by atoms with Crippen LogP contribution in [0.1, 0.15) is 27.7 Å². The van der Waals surface area contributed by atoms with Gasteiger partial charge in [0.1, 0.15) is 0 Å². The molecule has 0 atom stereocenters. The number of nitrogens with two attached hydrogens (primary N) is 1. The minimum absolute atomic E-state index is 0.460. The number of rotatable bonds is 5. The number of hydrogen-bond donors (Lipinski definition) is 3. The number of nitrogens with one attached hydrogen (secondary N) is 1. The lowest BCUT2D eigenvalue weighted by molar-refractivity contribution is -0.151. The van der Waals surface area contributed by atoms with Gasteiger partial charge in [-0.3, -0.25) is 4.79 Å². The Kier molecular flexibility index (Phi) is 3.88. The van der Waals surface area contributed by atoms with E-state index in [0.717, 1.165) is 0 Å². The van der Waals surface area contributed by atoms with E-state index in [1.165, 1.54) is 0 Å². The Bertz CT molecular complexity index is 188. The first-order valence-electron chi connectivity index (χ1n) is 4.44. The molecule has 4 heteroatoms. The molecule has 0 bridgehead atoms. The summed E-state index contributed by atoms with van der Waals surface area (Å²) < 4.78 is 0. The molecule has 0 aliphatic carbocycles. The lowest BCUT2D eigenvalue weighted by Gasteiger charge is -2.39. The van der Waals surface area contributed by atoms with Crippen LogP contribution in [-0.2, 0) is 4.79 Å². The van der Waals surface area contributed by atoms with Crippen molar-refractivity contribution in [2.24, 2.45) is 11.1 Å². The molecule has 0 saturated carbocycles. The maximum atomic E-state index is 11.0. The number of carboxylic acid groups (broad SMARTS) is 1. The molecule has 0 rings (SSSR count). The smallest absolute Gasteiger partial charge is 0.310 e. The van der Waals surface area contributed by atoms with Gasteiger partial charge in [-0.25, -0.2) is 0 Å². The van der Waals surface area contributed by atoms with Gasteiger partial charge in [-0.1, -0.05) is 0 Å². The lowest BCUT2D eigenvalue weighted by atomic mass is 9.74. The summed E-state index contributed by atoms with van der Waals surface area (Å²) >= 11 is 0. The molecule has 4 N–H and O–H groups in total. The second-order valence-electron chi connectivity index (χ2n) is 4.27. The van der Waals surface area contributed by atoms with E-state index in [9.17, 15) is 4.79 Å². The Labute approximate surface area is 79.5 Å². The maximum absolute atomic E-state index is 11.0. The van der Waals surface area contributed by atoms with Gasteiger partial charge in [-0.2, -0.15) is 0 Å². The normalized spacial score (nSPS) is 13.0. The van der Waals surface area contributed by atoms with Gasteiger partial charge in [0.2, 0.25) is 0 Å². The zero-order chi connectivity index (χ0) is 10.7. The van der Waals surface area contributed by atoms with Crippen LogP contribution in [0.5, 0.6) is 0 Å². The second-order valence-corrected chi connectivity index (χ2v) is 4.27. The highest BCUT2D eigenvalue weighted by Gasteiger charge is 2.42. The molecule has 0 aliphatic rings. The fourth-order valence-electron chi connectivity index (χ4n) is 0.873. The minimum Gasteiger partial charge on any atom is -0.481 e. The number of hydrogen-bond acceptors (Lipinski definition) is 3. The van der Waals surface area contributed by atoms with Crippen LogP contribution in [0.15, 0.2) is 0 Å². The molecule has 0 amide bonds. The Morgan fingerprint density at radius 2 is 1.85 bits per heavy atom. The van der Waals surface area contributed by atoms with Crippen molar-refractivity contribution in [1.82, 2.24) is 5.32 Å². The third kappa shape index (κ3) is 2.67. The molecule has 0 spiro atoms. The predicted octanol–water partition coefficient (Wildman–Crippen LogP) is 0.424. The largest absolute Gasteiger partial charge is 0.481 e. The van der Waals surface area contributed by atoms with Crippen molar-refractivity contribution in [3.8, 4) is 0 Å². The second kappa shape index (κ2) is 4.07. The van der Waals surface area contributed by atoms with Crippen LogP contribution < -0.4 is 11.1 Å². The average Bonchev–Trinajstić information content (AvgIpc) is 2.00. The third-order valence-corrected chi connectivity index (χ3v) is 2.81. The van der Waals surface area contributed by atoms with E-state index in [1.807, 2.05) is 13.8 Å². The van der Waals surface area contributed by atoms with Gasteiger partial charge in [0.15, 0.2) is 0 Å². The van der Waals surface area contributed by atoms with Crippen molar-refractivity contribution in [1.29, 1.82) is 0 Å². The van der Waals surface area contributed by atoms with Crippen molar-refractivity contribution < 1.29 is 9.90 Å². The minimum atomic E-state index is -0.804. The Hall–Kier alpha value is -0.610. The first-order valence-corrected chi connectivity index (χ1v) is 4.44. The summed E-state index contributed by atoms with van der Waals surface area (Å²) in [6, 6.07) is 0. The molecule has 0 heterocycles. The van der Waals surface area contributed by atoms with E-state index in [2.05, 4.69) is 5.32 Å².